The van der Waals surface area contributed by atoms with Crippen LogP contribution in [0.2, 0.25) is 0 Å². The molecule has 6 heteroatoms. The van der Waals surface area contributed by atoms with Gasteiger partial charge in [0, 0.05) is 0 Å². The summed E-state index contributed by atoms with van der Waals surface area (Å²) in [5.41, 5.74) is -1.78. The lowest BCUT2D eigenvalue weighted by molar-refractivity contribution is -0.139. The molecule has 0 unspecified atom stereocenters. The molecule has 0 radical (unpaired) electrons. The summed E-state index contributed by atoms with van der Waals surface area (Å²) >= 11 is 0. The molecule has 2 aromatic rings. The Kier molecular flexibility index (Phi) is 5.26. The van der Waals surface area contributed by atoms with Crippen molar-refractivity contribution in [2.75, 3.05) is 0 Å². The lowest BCUT2D eigenvalue weighted by Gasteiger charge is -2.28. The molecule has 2 aromatic carbocycles. The van der Waals surface area contributed by atoms with Gasteiger partial charge in [0.05, 0.1) is 11.1 Å². The number of hydrogen-bond acceptors (Lipinski definition) is 3. The zero-order valence-corrected chi connectivity index (χ0v) is 14.6. The Morgan fingerprint density at radius 1 is 1.07 bits per heavy atom. The standard InChI is InChI=1S/C21H19F3O3/c1-2-20(12-6-7-13-20)27-18-14-15(10-11-17(18)21(22,23)24)19(25)26-16-8-4-3-5-9-16/h2-5,8-11,14H,1,6-7,12-13H2. The topological polar surface area (TPSA) is 35.5 Å². The van der Waals surface area contributed by atoms with Crippen molar-refractivity contribution in [3.63, 3.8) is 0 Å². The first-order chi connectivity index (χ1) is 12.8. The fourth-order valence-electron chi connectivity index (χ4n) is 3.16. The summed E-state index contributed by atoms with van der Waals surface area (Å²) in [5, 5.41) is 0. The maximum absolute atomic E-state index is 13.4. The third kappa shape index (κ3) is 4.32. The number of benzene rings is 2. The number of alkyl halides is 3. The van der Waals surface area contributed by atoms with Crippen LogP contribution in [-0.4, -0.2) is 11.6 Å². The van der Waals surface area contributed by atoms with Gasteiger partial charge in [-0.05, 0) is 62.1 Å². The van der Waals surface area contributed by atoms with Crippen molar-refractivity contribution in [2.24, 2.45) is 0 Å². The van der Waals surface area contributed by atoms with E-state index in [1.165, 1.54) is 0 Å². The number of carbonyl (C=O) groups is 1. The van der Waals surface area contributed by atoms with Crippen LogP contribution in [0.25, 0.3) is 0 Å². The smallest absolute Gasteiger partial charge is 0.419 e. The van der Waals surface area contributed by atoms with Gasteiger partial charge in [-0.3, -0.25) is 0 Å². The molecule has 1 aliphatic rings. The van der Waals surface area contributed by atoms with Gasteiger partial charge in [-0.15, -0.1) is 0 Å². The Morgan fingerprint density at radius 2 is 1.74 bits per heavy atom. The van der Waals surface area contributed by atoms with Gasteiger partial charge in [0.2, 0.25) is 0 Å². The van der Waals surface area contributed by atoms with Crippen molar-refractivity contribution >= 4 is 5.97 Å². The summed E-state index contributed by atoms with van der Waals surface area (Å²) in [6.07, 6.45) is -0.168. The zero-order chi connectivity index (χ0) is 19.5. The Balaban J connectivity index is 1.93. The second-order valence-corrected chi connectivity index (χ2v) is 6.49. The van der Waals surface area contributed by atoms with Crippen molar-refractivity contribution in [1.82, 2.24) is 0 Å². The number of esters is 1. The van der Waals surface area contributed by atoms with E-state index in [4.69, 9.17) is 9.47 Å². The largest absolute Gasteiger partial charge is 0.483 e. The molecule has 0 saturated heterocycles. The van der Waals surface area contributed by atoms with Gasteiger partial charge in [-0.1, -0.05) is 24.8 Å². The second-order valence-electron chi connectivity index (χ2n) is 6.49. The molecule has 142 valence electrons. The van der Waals surface area contributed by atoms with E-state index in [-0.39, 0.29) is 11.3 Å². The molecule has 0 bridgehead atoms. The molecular formula is C21H19F3O3. The lowest BCUT2D eigenvalue weighted by Crippen LogP contribution is -2.30. The average Bonchev–Trinajstić information content (AvgIpc) is 3.10. The molecule has 0 amide bonds. The maximum atomic E-state index is 13.4. The minimum atomic E-state index is -4.60. The summed E-state index contributed by atoms with van der Waals surface area (Å²) in [5.74, 6) is -0.825. The molecule has 0 spiro atoms. The van der Waals surface area contributed by atoms with Gasteiger partial charge in [0.25, 0.3) is 0 Å². The first-order valence-electron chi connectivity index (χ1n) is 8.64. The monoisotopic (exact) mass is 376 g/mol. The maximum Gasteiger partial charge on any atom is 0.419 e. The SMILES string of the molecule is C=CC1(Oc2cc(C(=O)Oc3ccccc3)ccc2C(F)(F)F)CCCC1. The quantitative estimate of drug-likeness (QED) is 0.376. The van der Waals surface area contributed by atoms with Crippen LogP contribution < -0.4 is 9.47 Å². The fourth-order valence-corrected chi connectivity index (χ4v) is 3.16. The average molecular weight is 376 g/mol. The molecule has 0 atom stereocenters. The molecule has 27 heavy (non-hydrogen) atoms. The molecule has 1 saturated carbocycles. The Morgan fingerprint density at radius 3 is 2.33 bits per heavy atom. The third-order valence-corrected chi connectivity index (χ3v) is 4.61. The highest BCUT2D eigenvalue weighted by molar-refractivity contribution is 5.91. The molecule has 1 aliphatic carbocycles. The van der Waals surface area contributed by atoms with Crippen molar-refractivity contribution < 1.29 is 27.4 Å². The van der Waals surface area contributed by atoms with Crippen LogP contribution in [0.5, 0.6) is 11.5 Å². The first kappa shape index (κ1) is 19.0. The van der Waals surface area contributed by atoms with Crippen LogP contribution in [0.1, 0.15) is 41.6 Å². The number of halogens is 3. The number of para-hydroxylation sites is 1. The van der Waals surface area contributed by atoms with Crippen LogP contribution in [0, 0.1) is 0 Å². The van der Waals surface area contributed by atoms with Gasteiger partial charge in [0.1, 0.15) is 17.1 Å². The predicted octanol–water partition coefficient (Wildman–Crippen LogP) is 5.80. The molecule has 0 heterocycles. The normalized spacial score (nSPS) is 16.0. The molecule has 0 aliphatic heterocycles. The fraction of sp³-hybridized carbons (Fsp3) is 0.286. The van der Waals surface area contributed by atoms with E-state index >= 15 is 0 Å². The van der Waals surface area contributed by atoms with Crippen LogP contribution in [0.4, 0.5) is 13.2 Å². The molecular weight excluding hydrogens is 357 g/mol. The minimum absolute atomic E-state index is 0.0148. The van der Waals surface area contributed by atoms with Gasteiger partial charge >= 0.3 is 12.1 Å². The highest BCUT2D eigenvalue weighted by Gasteiger charge is 2.39. The molecule has 1 fully saturated rings. The minimum Gasteiger partial charge on any atom is -0.483 e. The molecule has 0 aromatic heterocycles. The third-order valence-electron chi connectivity index (χ3n) is 4.61. The summed E-state index contributed by atoms with van der Waals surface area (Å²) in [4.78, 5) is 12.3. The van der Waals surface area contributed by atoms with E-state index in [1.807, 2.05) is 0 Å². The van der Waals surface area contributed by atoms with E-state index in [2.05, 4.69) is 6.58 Å². The van der Waals surface area contributed by atoms with E-state index in [0.717, 1.165) is 31.0 Å². The van der Waals surface area contributed by atoms with Gasteiger partial charge in [0.15, 0.2) is 0 Å². The van der Waals surface area contributed by atoms with Crippen LogP contribution >= 0.6 is 0 Å². The van der Waals surface area contributed by atoms with Crippen LogP contribution in [0.3, 0.4) is 0 Å². The molecule has 3 rings (SSSR count). The van der Waals surface area contributed by atoms with E-state index < -0.39 is 23.3 Å². The van der Waals surface area contributed by atoms with Crippen LogP contribution in [-0.2, 0) is 6.18 Å². The van der Waals surface area contributed by atoms with E-state index in [0.29, 0.717) is 18.6 Å². The van der Waals surface area contributed by atoms with Crippen molar-refractivity contribution in [3.8, 4) is 11.5 Å². The van der Waals surface area contributed by atoms with Gasteiger partial charge in [-0.2, -0.15) is 13.2 Å². The second kappa shape index (κ2) is 7.47. The van der Waals surface area contributed by atoms with Gasteiger partial charge in [-0.25, -0.2) is 4.79 Å². The van der Waals surface area contributed by atoms with Crippen LogP contribution in [0.15, 0.2) is 61.2 Å². The van der Waals surface area contributed by atoms with E-state index in [1.54, 1.807) is 36.4 Å². The number of carbonyl (C=O) groups excluding carboxylic acids is 1. The number of rotatable bonds is 5. The van der Waals surface area contributed by atoms with Gasteiger partial charge < -0.3 is 9.47 Å². The number of ether oxygens (including phenoxy) is 2. The molecule has 0 N–H and O–H groups in total. The lowest BCUT2D eigenvalue weighted by atomic mass is 10.0. The number of hydrogen-bond donors (Lipinski definition) is 0. The Bertz CT molecular complexity index is 822. The summed E-state index contributed by atoms with van der Waals surface area (Å²) in [6, 6.07) is 11.4. The van der Waals surface area contributed by atoms with Crippen molar-refractivity contribution in [2.45, 2.75) is 37.5 Å². The predicted molar refractivity (Wildman–Crippen MR) is 94.9 cm³/mol. The highest BCUT2D eigenvalue weighted by Crippen LogP contribution is 2.42. The van der Waals surface area contributed by atoms with E-state index in [9.17, 15) is 18.0 Å². The zero-order valence-electron chi connectivity index (χ0n) is 14.6. The summed E-state index contributed by atoms with van der Waals surface area (Å²) < 4.78 is 51.2. The Hall–Kier alpha value is -2.76. The van der Waals surface area contributed by atoms with Crippen molar-refractivity contribution in [1.29, 1.82) is 0 Å². The van der Waals surface area contributed by atoms with Crippen molar-refractivity contribution in [3.05, 3.63) is 72.3 Å². The first-order valence-corrected chi connectivity index (χ1v) is 8.64. The highest BCUT2D eigenvalue weighted by atomic mass is 19.4. The Labute approximate surface area is 155 Å². The summed E-state index contributed by atoms with van der Waals surface area (Å²) in [7, 11) is 0. The molecule has 3 nitrogen and oxygen atoms in total. The summed E-state index contributed by atoms with van der Waals surface area (Å²) in [6.45, 7) is 3.72.